The number of unbranched alkanes of at least 4 members (excludes halogenated alkanes) is 1. The molecular weight excluding hydrogens is 342 g/mol. The van der Waals surface area contributed by atoms with E-state index >= 15 is 0 Å². The van der Waals surface area contributed by atoms with Crippen LogP contribution < -0.4 is 20.1 Å². The van der Waals surface area contributed by atoms with Gasteiger partial charge in [0.2, 0.25) is 5.95 Å². The van der Waals surface area contributed by atoms with Gasteiger partial charge in [-0.25, -0.2) is 9.97 Å². The first-order valence-electron chi connectivity index (χ1n) is 9.47. The Balaban J connectivity index is 1.61. The van der Waals surface area contributed by atoms with Crippen LogP contribution in [0.1, 0.15) is 12.8 Å². The molecule has 1 fully saturated rings. The van der Waals surface area contributed by atoms with E-state index in [1.54, 1.807) is 14.2 Å². The largest absolute Gasteiger partial charge is 0.493 e. The molecule has 0 bridgehead atoms. The van der Waals surface area contributed by atoms with Gasteiger partial charge in [0.05, 0.1) is 14.2 Å². The minimum absolute atomic E-state index is 0.699. The molecule has 0 unspecified atom stereocenters. The zero-order valence-corrected chi connectivity index (χ0v) is 16.2. The molecule has 1 aromatic heterocycles. The lowest BCUT2D eigenvalue weighted by atomic mass is 10.1. The van der Waals surface area contributed by atoms with Crippen LogP contribution in [0.5, 0.6) is 11.5 Å². The molecule has 0 radical (unpaired) electrons. The minimum atomic E-state index is 0.699. The van der Waals surface area contributed by atoms with Gasteiger partial charge in [0, 0.05) is 44.1 Å². The summed E-state index contributed by atoms with van der Waals surface area (Å²) in [5.41, 5.74) is 7.53. The van der Waals surface area contributed by atoms with Gasteiger partial charge in [-0.05, 0) is 43.6 Å². The van der Waals surface area contributed by atoms with Gasteiger partial charge in [0.15, 0.2) is 11.5 Å². The third kappa shape index (κ3) is 4.87. The predicted octanol–water partition coefficient (Wildman–Crippen LogP) is 2.02. The van der Waals surface area contributed by atoms with E-state index in [1.165, 1.54) is 6.42 Å². The smallest absolute Gasteiger partial charge is 0.225 e. The number of anilines is 1. The summed E-state index contributed by atoms with van der Waals surface area (Å²) in [5, 5.41) is 0. The van der Waals surface area contributed by atoms with E-state index in [4.69, 9.17) is 15.2 Å². The van der Waals surface area contributed by atoms with Crippen molar-refractivity contribution in [2.75, 3.05) is 58.4 Å². The molecule has 7 heteroatoms. The number of nitrogens with two attached hydrogens (primary N) is 1. The van der Waals surface area contributed by atoms with Crippen molar-refractivity contribution in [2.24, 2.45) is 5.73 Å². The maximum absolute atomic E-state index is 5.57. The number of hydrogen-bond acceptors (Lipinski definition) is 7. The van der Waals surface area contributed by atoms with Gasteiger partial charge in [-0.15, -0.1) is 0 Å². The van der Waals surface area contributed by atoms with E-state index in [0.717, 1.165) is 62.8 Å². The van der Waals surface area contributed by atoms with Crippen molar-refractivity contribution >= 4 is 5.95 Å². The molecule has 0 saturated carbocycles. The fraction of sp³-hybridized carbons (Fsp3) is 0.500. The van der Waals surface area contributed by atoms with Crippen molar-refractivity contribution < 1.29 is 9.47 Å². The highest BCUT2D eigenvalue weighted by molar-refractivity contribution is 5.66. The number of rotatable bonds is 8. The van der Waals surface area contributed by atoms with Crippen LogP contribution in [0.3, 0.4) is 0 Å². The first-order valence-corrected chi connectivity index (χ1v) is 9.47. The highest BCUT2D eigenvalue weighted by atomic mass is 16.5. The fourth-order valence-electron chi connectivity index (χ4n) is 3.30. The highest BCUT2D eigenvalue weighted by Crippen LogP contribution is 2.32. The molecule has 146 valence electrons. The third-order valence-corrected chi connectivity index (χ3v) is 4.94. The van der Waals surface area contributed by atoms with Crippen LogP contribution >= 0.6 is 0 Å². The number of methoxy groups -OCH3 is 2. The zero-order valence-electron chi connectivity index (χ0n) is 16.2. The summed E-state index contributed by atoms with van der Waals surface area (Å²) >= 11 is 0. The van der Waals surface area contributed by atoms with Crippen LogP contribution in [0.15, 0.2) is 30.6 Å². The van der Waals surface area contributed by atoms with Gasteiger partial charge >= 0.3 is 0 Å². The maximum Gasteiger partial charge on any atom is 0.225 e. The van der Waals surface area contributed by atoms with Crippen molar-refractivity contribution in [1.29, 1.82) is 0 Å². The summed E-state index contributed by atoms with van der Waals surface area (Å²) in [4.78, 5) is 13.9. The number of hydrogen-bond donors (Lipinski definition) is 1. The number of aromatic nitrogens is 2. The number of ether oxygens (including phenoxy) is 2. The summed E-state index contributed by atoms with van der Waals surface area (Å²) in [5.74, 6) is 2.20. The molecule has 1 aliphatic rings. The summed E-state index contributed by atoms with van der Waals surface area (Å²) in [6.45, 7) is 5.91. The second-order valence-corrected chi connectivity index (χ2v) is 6.67. The predicted molar refractivity (Wildman–Crippen MR) is 108 cm³/mol. The first kappa shape index (κ1) is 19.4. The average Bonchev–Trinajstić information content (AvgIpc) is 2.74. The zero-order chi connectivity index (χ0) is 19.1. The van der Waals surface area contributed by atoms with E-state index in [2.05, 4.69) is 19.8 Å². The van der Waals surface area contributed by atoms with Crippen LogP contribution in [0.4, 0.5) is 5.95 Å². The lowest BCUT2D eigenvalue weighted by Gasteiger charge is -2.34. The Labute approximate surface area is 161 Å². The van der Waals surface area contributed by atoms with Crippen LogP contribution in [0.25, 0.3) is 11.1 Å². The molecule has 2 N–H and O–H groups in total. The Kier molecular flexibility index (Phi) is 6.84. The molecule has 27 heavy (non-hydrogen) atoms. The normalized spacial score (nSPS) is 15.0. The topological polar surface area (TPSA) is 76.7 Å². The Hall–Kier alpha value is -2.38. The summed E-state index contributed by atoms with van der Waals surface area (Å²) in [6, 6.07) is 5.82. The van der Waals surface area contributed by atoms with Crippen molar-refractivity contribution in [2.45, 2.75) is 12.8 Å². The summed E-state index contributed by atoms with van der Waals surface area (Å²) < 4.78 is 10.7. The van der Waals surface area contributed by atoms with E-state index in [1.807, 2.05) is 30.6 Å². The molecule has 1 saturated heterocycles. The number of piperazine rings is 1. The summed E-state index contributed by atoms with van der Waals surface area (Å²) in [6.07, 6.45) is 6.02. The summed E-state index contributed by atoms with van der Waals surface area (Å²) in [7, 11) is 3.27. The fourth-order valence-corrected chi connectivity index (χ4v) is 3.30. The van der Waals surface area contributed by atoms with Crippen molar-refractivity contribution in [3.63, 3.8) is 0 Å². The van der Waals surface area contributed by atoms with Crippen molar-refractivity contribution in [3.8, 4) is 22.6 Å². The molecule has 3 rings (SSSR count). The van der Waals surface area contributed by atoms with Crippen molar-refractivity contribution in [3.05, 3.63) is 30.6 Å². The lowest BCUT2D eigenvalue weighted by Crippen LogP contribution is -2.47. The van der Waals surface area contributed by atoms with Crippen LogP contribution in [-0.4, -0.2) is 68.4 Å². The number of benzene rings is 1. The van der Waals surface area contributed by atoms with Gasteiger partial charge < -0.3 is 20.1 Å². The van der Waals surface area contributed by atoms with Gasteiger partial charge in [-0.3, -0.25) is 4.90 Å². The van der Waals surface area contributed by atoms with E-state index in [0.29, 0.717) is 11.5 Å². The van der Waals surface area contributed by atoms with E-state index < -0.39 is 0 Å². The average molecular weight is 371 g/mol. The molecule has 0 aliphatic carbocycles. The lowest BCUT2D eigenvalue weighted by molar-refractivity contribution is 0.252. The second-order valence-electron chi connectivity index (χ2n) is 6.67. The maximum atomic E-state index is 5.57. The van der Waals surface area contributed by atoms with E-state index in [-0.39, 0.29) is 0 Å². The Morgan fingerprint density at radius 2 is 1.63 bits per heavy atom. The Morgan fingerprint density at radius 1 is 0.926 bits per heavy atom. The molecule has 1 aliphatic heterocycles. The number of nitrogens with zero attached hydrogens (tertiary/aromatic N) is 4. The first-order chi connectivity index (χ1) is 13.2. The molecule has 0 spiro atoms. The molecule has 2 heterocycles. The van der Waals surface area contributed by atoms with E-state index in [9.17, 15) is 0 Å². The Morgan fingerprint density at radius 3 is 2.26 bits per heavy atom. The third-order valence-electron chi connectivity index (χ3n) is 4.94. The molecule has 7 nitrogen and oxygen atoms in total. The van der Waals surface area contributed by atoms with Crippen LogP contribution in [0, 0.1) is 0 Å². The van der Waals surface area contributed by atoms with Gasteiger partial charge in [-0.1, -0.05) is 6.07 Å². The van der Waals surface area contributed by atoms with Crippen molar-refractivity contribution in [1.82, 2.24) is 14.9 Å². The van der Waals surface area contributed by atoms with Crippen LogP contribution in [0.2, 0.25) is 0 Å². The Bertz CT molecular complexity index is 715. The monoisotopic (exact) mass is 371 g/mol. The second kappa shape index (κ2) is 9.53. The van der Waals surface area contributed by atoms with Gasteiger partial charge in [-0.2, -0.15) is 0 Å². The quantitative estimate of drug-likeness (QED) is 0.712. The molecule has 2 aromatic rings. The molecule has 0 atom stereocenters. The van der Waals surface area contributed by atoms with Crippen LogP contribution in [-0.2, 0) is 0 Å². The molecule has 1 aromatic carbocycles. The standard InChI is InChI=1S/C20H29N5O2/c1-26-18-6-5-16(13-19(18)27-2)17-14-22-20(23-15-17)25-11-9-24(10-12-25)8-4-3-7-21/h5-6,13-15H,3-4,7-12,21H2,1-2H3. The SMILES string of the molecule is COc1ccc(-c2cnc(N3CCN(CCCCN)CC3)nc2)cc1OC. The minimum Gasteiger partial charge on any atom is -0.493 e. The van der Waals surface area contributed by atoms with Gasteiger partial charge in [0.1, 0.15) is 0 Å². The molecule has 0 amide bonds. The highest BCUT2D eigenvalue weighted by Gasteiger charge is 2.18. The molecular formula is C20H29N5O2. The van der Waals surface area contributed by atoms with Gasteiger partial charge in [0.25, 0.3) is 0 Å².